The van der Waals surface area contributed by atoms with Gasteiger partial charge in [0.25, 0.3) is 0 Å². The number of aromatic nitrogens is 1. The van der Waals surface area contributed by atoms with E-state index >= 15 is 0 Å². The normalized spacial score (nSPS) is 18.1. The summed E-state index contributed by atoms with van der Waals surface area (Å²) in [5, 5.41) is 9.41. The Labute approximate surface area is 97.2 Å². The van der Waals surface area contributed by atoms with Gasteiger partial charge in [-0.05, 0) is 34.8 Å². The Kier molecular flexibility index (Phi) is 3.11. The van der Waals surface area contributed by atoms with Crippen LogP contribution < -0.4 is 10.6 Å². The molecule has 2 rings (SSSR count). The second-order valence-corrected chi connectivity index (χ2v) is 4.55. The van der Waals surface area contributed by atoms with Gasteiger partial charge in [-0.1, -0.05) is 0 Å². The lowest BCUT2D eigenvalue weighted by Gasteiger charge is -2.31. The number of halogens is 1. The summed E-state index contributed by atoms with van der Waals surface area (Å²) in [5.41, 5.74) is 6.49. The lowest BCUT2D eigenvalue weighted by atomic mass is 10.1. The first kappa shape index (κ1) is 10.7. The molecule has 0 aliphatic carbocycles. The summed E-state index contributed by atoms with van der Waals surface area (Å²) in [5.74, 6) is 0.877. The topological polar surface area (TPSA) is 62.4 Å². The van der Waals surface area contributed by atoms with Crippen LogP contribution in [-0.4, -0.2) is 29.3 Å². The first-order valence-electron chi connectivity index (χ1n) is 5.01. The van der Waals surface area contributed by atoms with Crippen LogP contribution in [0.1, 0.15) is 12.8 Å². The number of hydrogen-bond acceptors (Lipinski definition) is 4. The molecule has 0 bridgehead atoms. The maximum absolute atomic E-state index is 9.41. The van der Waals surface area contributed by atoms with Crippen molar-refractivity contribution in [3.63, 3.8) is 0 Å². The average Bonchev–Trinajstić information content (AvgIpc) is 2.24. The fourth-order valence-electron chi connectivity index (χ4n) is 1.75. The summed E-state index contributed by atoms with van der Waals surface area (Å²) in [6.45, 7) is 1.66. The Bertz CT molecular complexity index is 351. The maximum atomic E-state index is 9.41. The van der Waals surface area contributed by atoms with Crippen molar-refractivity contribution in [1.29, 1.82) is 0 Å². The predicted octanol–water partition coefficient (Wildman–Crippen LogP) is 1.39. The molecule has 0 amide bonds. The van der Waals surface area contributed by atoms with Crippen molar-refractivity contribution in [2.24, 2.45) is 0 Å². The van der Waals surface area contributed by atoms with Gasteiger partial charge in [0.2, 0.25) is 0 Å². The van der Waals surface area contributed by atoms with Gasteiger partial charge in [0.05, 0.1) is 16.3 Å². The molecule has 82 valence electrons. The van der Waals surface area contributed by atoms with Crippen molar-refractivity contribution in [2.75, 3.05) is 23.7 Å². The molecule has 15 heavy (non-hydrogen) atoms. The Hall–Kier alpha value is -0.810. The highest BCUT2D eigenvalue weighted by molar-refractivity contribution is 9.10. The number of nitrogens with two attached hydrogens (primary N) is 1. The number of rotatable bonds is 1. The molecule has 0 unspecified atom stereocenters. The SMILES string of the molecule is Nc1ccnc(N2CCC(O)CC2)c1Br. The van der Waals surface area contributed by atoms with E-state index in [2.05, 4.69) is 25.8 Å². The molecule has 0 atom stereocenters. The van der Waals surface area contributed by atoms with E-state index in [4.69, 9.17) is 5.73 Å². The van der Waals surface area contributed by atoms with E-state index < -0.39 is 0 Å². The number of aliphatic hydroxyl groups excluding tert-OH is 1. The largest absolute Gasteiger partial charge is 0.398 e. The van der Waals surface area contributed by atoms with Crippen molar-refractivity contribution < 1.29 is 5.11 Å². The lowest BCUT2D eigenvalue weighted by Crippen LogP contribution is -2.36. The minimum Gasteiger partial charge on any atom is -0.398 e. The molecule has 5 heteroatoms. The number of piperidine rings is 1. The van der Waals surface area contributed by atoms with Crippen LogP contribution in [0.25, 0.3) is 0 Å². The summed E-state index contributed by atoms with van der Waals surface area (Å²) in [4.78, 5) is 6.45. The highest BCUT2D eigenvalue weighted by Crippen LogP contribution is 2.30. The molecule has 3 N–H and O–H groups in total. The molecule has 0 radical (unpaired) electrons. The predicted molar refractivity (Wildman–Crippen MR) is 63.8 cm³/mol. The number of nitrogen functional groups attached to an aromatic ring is 1. The first-order valence-corrected chi connectivity index (χ1v) is 5.81. The molecule has 1 aliphatic heterocycles. The molecular weight excluding hydrogens is 258 g/mol. The summed E-state index contributed by atoms with van der Waals surface area (Å²) in [6.07, 6.45) is 3.13. The van der Waals surface area contributed by atoms with Crippen molar-refractivity contribution in [1.82, 2.24) is 4.98 Å². The van der Waals surface area contributed by atoms with Gasteiger partial charge in [-0.25, -0.2) is 4.98 Å². The zero-order valence-electron chi connectivity index (χ0n) is 8.36. The number of anilines is 2. The van der Waals surface area contributed by atoms with Crippen LogP contribution in [0.4, 0.5) is 11.5 Å². The van der Waals surface area contributed by atoms with Crippen LogP contribution in [0.15, 0.2) is 16.7 Å². The van der Waals surface area contributed by atoms with Crippen molar-refractivity contribution in [3.8, 4) is 0 Å². The van der Waals surface area contributed by atoms with Gasteiger partial charge in [-0.2, -0.15) is 0 Å². The Balaban J connectivity index is 2.19. The van der Waals surface area contributed by atoms with Gasteiger partial charge in [-0.15, -0.1) is 0 Å². The van der Waals surface area contributed by atoms with E-state index in [0.717, 1.165) is 36.2 Å². The van der Waals surface area contributed by atoms with Gasteiger partial charge in [0.1, 0.15) is 5.82 Å². The van der Waals surface area contributed by atoms with Crippen LogP contribution in [0.5, 0.6) is 0 Å². The van der Waals surface area contributed by atoms with E-state index in [1.807, 2.05) is 0 Å². The number of nitrogens with zero attached hydrogens (tertiary/aromatic N) is 2. The highest BCUT2D eigenvalue weighted by atomic mass is 79.9. The lowest BCUT2D eigenvalue weighted by molar-refractivity contribution is 0.145. The number of pyridine rings is 1. The first-order chi connectivity index (χ1) is 7.18. The Morgan fingerprint density at radius 3 is 2.80 bits per heavy atom. The van der Waals surface area contributed by atoms with Crippen LogP contribution in [0.2, 0.25) is 0 Å². The minimum atomic E-state index is -0.166. The third-order valence-electron chi connectivity index (χ3n) is 2.66. The smallest absolute Gasteiger partial charge is 0.144 e. The second kappa shape index (κ2) is 4.37. The molecule has 1 saturated heterocycles. The van der Waals surface area contributed by atoms with E-state index in [9.17, 15) is 5.11 Å². The Morgan fingerprint density at radius 1 is 1.47 bits per heavy atom. The molecule has 1 aromatic rings. The highest BCUT2D eigenvalue weighted by Gasteiger charge is 2.20. The van der Waals surface area contributed by atoms with Crippen molar-refractivity contribution in [2.45, 2.75) is 18.9 Å². The monoisotopic (exact) mass is 271 g/mol. The van der Waals surface area contributed by atoms with Crippen molar-refractivity contribution in [3.05, 3.63) is 16.7 Å². The third-order valence-corrected chi connectivity index (χ3v) is 3.48. The molecule has 1 aliphatic rings. The molecule has 0 saturated carbocycles. The van der Waals surface area contributed by atoms with E-state index in [1.165, 1.54) is 0 Å². The molecule has 1 aromatic heterocycles. The summed E-state index contributed by atoms with van der Waals surface area (Å²) in [6, 6.07) is 1.77. The van der Waals surface area contributed by atoms with E-state index in [0.29, 0.717) is 5.69 Å². The average molecular weight is 272 g/mol. The summed E-state index contributed by atoms with van der Waals surface area (Å²) >= 11 is 3.44. The minimum absolute atomic E-state index is 0.166. The zero-order valence-corrected chi connectivity index (χ0v) is 9.94. The quantitative estimate of drug-likeness (QED) is 0.811. The molecule has 1 fully saturated rings. The summed E-state index contributed by atoms with van der Waals surface area (Å²) < 4.78 is 0.849. The maximum Gasteiger partial charge on any atom is 0.144 e. The van der Waals surface area contributed by atoms with Gasteiger partial charge in [0, 0.05) is 19.3 Å². The van der Waals surface area contributed by atoms with Gasteiger partial charge < -0.3 is 15.7 Å². The second-order valence-electron chi connectivity index (χ2n) is 3.76. The van der Waals surface area contributed by atoms with Crippen molar-refractivity contribution >= 4 is 27.4 Å². The molecule has 2 heterocycles. The zero-order chi connectivity index (χ0) is 10.8. The number of hydrogen-bond donors (Lipinski definition) is 2. The fraction of sp³-hybridized carbons (Fsp3) is 0.500. The van der Waals surface area contributed by atoms with Gasteiger partial charge >= 0.3 is 0 Å². The van der Waals surface area contributed by atoms with Crippen LogP contribution in [0.3, 0.4) is 0 Å². The van der Waals surface area contributed by atoms with E-state index in [1.54, 1.807) is 12.3 Å². The molecule has 0 spiro atoms. The summed E-state index contributed by atoms with van der Waals surface area (Å²) in [7, 11) is 0. The van der Waals surface area contributed by atoms with Crippen LogP contribution >= 0.6 is 15.9 Å². The van der Waals surface area contributed by atoms with E-state index in [-0.39, 0.29) is 6.10 Å². The molecular formula is C10H14BrN3O. The Morgan fingerprint density at radius 2 is 2.13 bits per heavy atom. The van der Waals surface area contributed by atoms with Gasteiger partial charge in [-0.3, -0.25) is 0 Å². The molecule has 4 nitrogen and oxygen atoms in total. The third kappa shape index (κ3) is 2.23. The standard InChI is InChI=1S/C10H14BrN3O/c11-9-8(12)1-4-13-10(9)14-5-2-7(15)3-6-14/h1,4,7,15H,2-3,5-6H2,(H2,12,13). The number of aliphatic hydroxyl groups is 1. The van der Waals surface area contributed by atoms with Crippen LogP contribution in [0, 0.1) is 0 Å². The fourth-order valence-corrected chi connectivity index (χ4v) is 2.23. The molecule has 0 aromatic carbocycles. The van der Waals surface area contributed by atoms with Crippen LogP contribution in [-0.2, 0) is 0 Å². The van der Waals surface area contributed by atoms with Gasteiger partial charge in [0.15, 0.2) is 0 Å².